The van der Waals surface area contributed by atoms with Crippen LogP contribution >= 0.6 is 0 Å². The van der Waals surface area contributed by atoms with Gasteiger partial charge in [-0.2, -0.15) is 0 Å². The highest BCUT2D eigenvalue weighted by molar-refractivity contribution is 5.28. The highest BCUT2D eigenvalue weighted by atomic mass is 16.3. The van der Waals surface area contributed by atoms with Gasteiger partial charge in [0.05, 0.1) is 6.10 Å². The Bertz CT molecular complexity index is 659. The van der Waals surface area contributed by atoms with Crippen LogP contribution in [0.3, 0.4) is 0 Å². The SMILES string of the molecule is CC(C)[C@@H](C)/C=C/[C@@H](C)C1CCC2C3=CCC4C[C@H](O)CCC4(C)C3CCC21C. The predicted molar refractivity (Wildman–Crippen MR) is 124 cm³/mol. The summed E-state index contributed by atoms with van der Waals surface area (Å²) in [4.78, 5) is 0. The van der Waals surface area contributed by atoms with E-state index in [0.29, 0.717) is 28.6 Å². The molecule has 0 spiro atoms. The van der Waals surface area contributed by atoms with Gasteiger partial charge in [0.2, 0.25) is 0 Å². The zero-order valence-corrected chi connectivity index (χ0v) is 20.0. The monoisotopic (exact) mass is 398 g/mol. The van der Waals surface area contributed by atoms with Gasteiger partial charge in [0.1, 0.15) is 0 Å². The lowest BCUT2D eigenvalue weighted by molar-refractivity contribution is -0.0414. The van der Waals surface area contributed by atoms with Crippen LogP contribution in [0.4, 0.5) is 0 Å². The van der Waals surface area contributed by atoms with Crippen LogP contribution in [0.25, 0.3) is 0 Å². The maximum absolute atomic E-state index is 10.2. The molecule has 1 N–H and O–H groups in total. The number of aliphatic hydroxyl groups excluding tert-OH is 1. The summed E-state index contributed by atoms with van der Waals surface area (Å²) >= 11 is 0. The van der Waals surface area contributed by atoms with E-state index in [1.54, 1.807) is 0 Å². The minimum absolute atomic E-state index is 0.0476. The second-order valence-electron chi connectivity index (χ2n) is 12.3. The van der Waals surface area contributed by atoms with E-state index in [4.69, 9.17) is 0 Å². The summed E-state index contributed by atoms with van der Waals surface area (Å²) in [5.74, 6) is 5.25. The molecule has 0 heterocycles. The van der Waals surface area contributed by atoms with Crippen molar-refractivity contribution in [2.24, 2.45) is 52.3 Å². The number of hydrogen-bond acceptors (Lipinski definition) is 1. The normalized spacial score (nSPS) is 46.8. The van der Waals surface area contributed by atoms with Gasteiger partial charge >= 0.3 is 0 Å². The molecule has 3 fully saturated rings. The van der Waals surface area contributed by atoms with Gasteiger partial charge in [-0.15, -0.1) is 0 Å². The molecule has 9 atom stereocenters. The van der Waals surface area contributed by atoms with E-state index in [1.807, 2.05) is 5.57 Å². The first-order valence-electron chi connectivity index (χ1n) is 12.7. The lowest BCUT2D eigenvalue weighted by Gasteiger charge is -2.57. The van der Waals surface area contributed by atoms with E-state index in [1.165, 1.54) is 38.5 Å². The molecule has 4 aliphatic rings. The van der Waals surface area contributed by atoms with Crippen LogP contribution in [-0.4, -0.2) is 11.2 Å². The summed E-state index contributed by atoms with van der Waals surface area (Å²) in [6.07, 6.45) is 17.8. The molecule has 4 rings (SSSR count). The van der Waals surface area contributed by atoms with E-state index in [0.717, 1.165) is 36.5 Å². The van der Waals surface area contributed by atoms with Gasteiger partial charge in [-0.1, -0.05) is 65.3 Å². The Morgan fingerprint density at radius 3 is 2.34 bits per heavy atom. The van der Waals surface area contributed by atoms with Crippen molar-refractivity contribution in [1.82, 2.24) is 0 Å². The third kappa shape index (κ3) is 3.58. The second-order valence-corrected chi connectivity index (χ2v) is 12.3. The number of allylic oxidation sites excluding steroid dienone is 4. The lowest BCUT2D eigenvalue weighted by Crippen LogP contribution is -2.49. The molecule has 0 saturated heterocycles. The molecule has 0 aromatic carbocycles. The minimum atomic E-state index is -0.0476. The largest absolute Gasteiger partial charge is 0.393 e. The van der Waals surface area contributed by atoms with Gasteiger partial charge in [0, 0.05) is 0 Å². The van der Waals surface area contributed by atoms with E-state index < -0.39 is 0 Å². The Hall–Kier alpha value is -0.560. The summed E-state index contributed by atoms with van der Waals surface area (Å²) in [6.45, 7) is 14.7. The average Bonchev–Trinajstić information content (AvgIpc) is 3.03. The van der Waals surface area contributed by atoms with Gasteiger partial charge in [-0.25, -0.2) is 0 Å². The third-order valence-corrected chi connectivity index (χ3v) is 10.5. The molecule has 0 amide bonds. The van der Waals surface area contributed by atoms with Gasteiger partial charge < -0.3 is 5.11 Å². The summed E-state index contributed by atoms with van der Waals surface area (Å²) in [6, 6.07) is 0. The van der Waals surface area contributed by atoms with Crippen molar-refractivity contribution in [3.05, 3.63) is 23.8 Å². The molecule has 29 heavy (non-hydrogen) atoms. The molecule has 4 aliphatic carbocycles. The second kappa shape index (κ2) is 7.85. The summed E-state index contributed by atoms with van der Waals surface area (Å²) in [5.41, 5.74) is 2.79. The van der Waals surface area contributed by atoms with Crippen LogP contribution in [-0.2, 0) is 0 Å². The minimum Gasteiger partial charge on any atom is -0.393 e. The van der Waals surface area contributed by atoms with Crippen LogP contribution in [0.2, 0.25) is 0 Å². The van der Waals surface area contributed by atoms with Crippen molar-refractivity contribution in [2.75, 3.05) is 0 Å². The third-order valence-electron chi connectivity index (χ3n) is 10.5. The summed E-state index contributed by atoms with van der Waals surface area (Å²) < 4.78 is 0. The fourth-order valence-corrected chi connectivity index (χ4v) is 8.10. The number of fused-ring (bicyclic) bond motifs is 5. The zero-order chi connectivity index (χ0) is 21.0. The number of aliphatic hydroxyl groups is 1. The van der Waals surface area contributed by atoms with Crippen LogP contribution in [0.1, 0.15) is 92.9 Å². The fraction of sp³-hybridized carbons (Fsp3) is 0.857. The molecule has 0 aromatic rings. The van der Waals surface area contributed by atoms with Crippen molar-refractivity contribution in [1.29, 1.82) is 0 Å². The van der Waals surface area contributed by atoms with E-state index in [2.05, 4.69) is 59.8 Å². The maximum Gasteiger partial charge on any atom is 0.0543 e. The maximum atomic E-state index is 10.2. The molecule has 0 aromatic heterocycles. The standard InChI is InChI=1S/C28H46O/c1-18(2)19(3)7-8-20(4)24-11-12-25-23-10-9-21-17-22(29)13-15-27(21,5)26(23)14-16-28(24,25)6/h7-8,10,18-22,24-26,29H,9,11-17H2,1-6H3/b8-7+/t19-,20+,21?,22+,24?,25?,26?,27?,28?/m0/s1. The van der Waals surface area contributed by atoms with Crippen molar-refractivity contribution >= 4 is 0 Å². The van der Waals surface area contributed by atoms with E-state index >= 15 is 0 Å². The Morgan fingerprint density at radius 2 is 1.62 bits per heavy atom. The average molecular weight is 399 g/mol. The first-order valence-corrected chi connectivity index (χ1v) is 12.7. The molecule has 6 unspecified atom stereocenters. The van der Waals surface area contributed by atoms with Gasteiger partial charge in [0.15, 0.2) is 0 Å². The number of rotatable bonds is 4. The van der Waals surface area contributed by atoms with E-state index in [9.17, 15) is 5.11 Å². The highest BCUT2D eigenvalue weighted by Crippen LogP contribution is 2.66. The molecule has 0 bridgehead atoms. The summed E-state index contributed by atoms with van der Waals surface area (Å²) in [5, 5.41) is 10.2. The van der Waals surface area contributed by atoms with Crippen molar-refractivity contribution in [2.45, 2.75) is 99.0 Å². The summed E-state index contributed by atoms with van der Waals surface area (Å²) in [7, 11) is 0. The smallest absolute Gasteiger partial charge is 0.0543 e. The van der Waals surface area contributed by atoms with Gasteiger partial charge in [0.25, 0.3) is 0 Å². The van der Waals surface area contributed by atoms with E-state index in [-0.39, 0.29) is 6.10 Å². The molecule has 1 heteroatoms. The zero-order valence-electron chi connectivity index (χ0n) is 20.0. The van der Waals surface area contributed by atoms with Crippen LogP contribution < -0.4 is 0 Å². The van der Waals surface area contributed by atoms with Crippen LogP contribution in [0.5, 0.6) is 0 Å². The van der Waals surface area contributed by atoms with Crippen molar-refractivity contribution < 1.29 is 5.11 Å². The highest BCUT2D eigenvalue weighted by Gasteiger charge is 2.57. The van der Waals surface area contributed by atoms with Crippen LogP contribution in [0.15, 0.2) is 23.8 Å². The Labute approximate surface area is 180 Å². The first kappa shape index (κ1) is 21.7. The predicted octanol–water partition coefficient (Wildman–Crippen LogP) is 7.41. The topological polar surface area (TPSA) is 20.2 Å². The Balaban J connectivity index is 1.54. The van der Waals surface area contributed by atoms with Gasteiger partial charge in [-0.3, -0.25) is 0 Å². The lowest BCUT2D eigenvalue weighted by atomic mass is 9.47. The quantitative estimate of drug-likeness (QED) is 0.489. The van der Waals surface area contributed by atoms with Gasteiger partial charge in [-0.05, 0) is 104 Å². The molecular formula is C28H46O. The Kier molecular flexibility index (Phi) is 5.86. The van der Waals surface area contributed by atoms with Crippen molar-refractivity contribution in [3.8, 4) is 0 Å². The molecule has 164 valence electrons. The number of hydrogen-bond donors (Lipinski definition) is 1. The molecule has 1 nitrogen and oxygen atoms in total. The first-order chi connectivity index (χ1) is 13.7. The fourth-order valence-electron chi connectivity index (χ4n) is 8.10. The van der Waals surface area contributed by atoms with Crippen LogP contribution in [0, 0.1) is 52.3 Å². The Morgan fingerprint density at radius 1 is 0.931 bits per heavy atom. The molecular weight excluding hydrogens is 352 g/mol. The molecule has 3 saturated carbocycles. The molecule has 0 aliphatic heterocycles. The molecule has 0 radical (unpaired) electrons. The van der Waals surface area contributed by atoms with Crippen molar-refractivity contribution in [3.63, 3.8) is 0 Å².